The molecule has 0 saturated heterocycles. The molecule has 1 aromatic heterocycles. The highest BCUT2D eigenvalue weighted by Gasteiger charge is 2.74. The molecule has 138 valence electrons. The van der Waals surface area contributed by atoms with E-state index < -0.39 is 56.6 Å². The summed E-state index contributed by atoms with van der Waals surface area (Å²) in [6, 6.07) is -0.881. The van der Waals surface area contributed by atoms with Gasteiger partial charge in [-0.05, 0) is 6.07 Å². The SMILES string of the molecule is CS(=O)(=O)c1nc(C(F)(F)F)cc(C(F)(F)C(F)(F)C(F)(F)F)n1. The molecule has 0 spiro atoms. The molecule has 0 atom stereocenters. The summed E-state index contributed by atoms with van der Waals surface area (Å²) in [6.45, 7) is 0. The van der Waals surface area contributed by atoms with Crippen LogP contribution in [0.25, 0.3) is 0 Å². The first-order valence-electron chi connectivity index (χ1n) is 5.31. The number of hydrogen-bond acceptors (Lipinski definition) is 4. The molecular weight excluding hydrogens is 390 g/mol. The number of hydrogen-bond donors (Lipinski definition) is 0. The van der Waals surface area contributed by atoms with Gasteiger partial charge in [-0.15, -0.1) is 0 Å². The quantitative estimate of drug-likeness (QED) is 0.584. The van der Waals surface area contributed by atoms with Gasteiger partial charge in [0.25, 0.3) is 0 Å². The second kappa shape index (κ2) is 5.42. The molecule has 0 aliphatic heterocycles. The van der Waals surface area contributed by atoms with Crippen LogP contribution in [0.15, 0.2) is 11.2 Å². The zero-order valence-corrected chi connectivity index (χ0v) is 11.8. The Morgan fingerprint density at radius 1 is 0.833 bits per heavy atom. The van der Waals surface area contributed by atoms with E-state index in [0.717, 1.165) is 0 Å². The Bertz CT molecular complexity index is 738. The minimum absolute atomic E-state index is 0.145. The Labute approximate surface area is 126 Å². The van der Waals surface area contributed by atoms with Gasteiger partial charge in [0.15, 0.2) is 0 Å². The summed E-state index contributed by atoms with van der Waals surface area (Å²) in [6.07, 6.45) is -12.3. The van der Waals surface area contributed by atoms with E-state index in [1.807, 2.05) is 0 Å². The van der Waals surface area contributed by atoms with Crippen LogP contribution < -0.4 is 0 Å². The molecule has 24 heavy (non-hydrogen) atoms. The molecule has 0 fully saturated rings. The first-order valence-corrected chi connectivity index (χ1v) is 7.20. The van der Waals surface area contributed by atoms with E-state index in [1.54, 1.807) is 0 Å². The Kier molecular flexibility index (Phi) is 4.60. The van der Waals surface area contributed by atoms with E-state index in [-0.39, 0.29) is 6.26 Å². The number of sulfone groups is 1. The molecule has 0 bridgehead atoms. The Hall–Kier alpha value is -1.67. The molecule has 0 aliphatic rings. The van der Waals surface area contributed by atoms with Gasteiger partial charge in [0.05, 0.1) is 0 Å². The molecule has 1 aromatic rings. The van der Waals surface area contributed by atoms with Gasteiger partial charge in [-0.25, -0.2) is 18.4 Å². The van der Waals surface area contributed by atoms with E-state index in [0.29, 0.717) is 0 Å². The fraction of sp³-hybridized carbons (Fsp3) is 0.556. The van der Waals surface area contributed by atoms with Gasteiger partial charge >= 0.3 is 24.2 Å². The molecule has 0 unspecified atom stereocenters. The molecule has 0 aliphatic carbocycles. The van der Waals surface area contributed by atoms with Crippen LogP contribution in [-0.4, -0.2) is 36.7 Å². The maximum absolute atomic E-state index is 13.4. The summed E-state index contributed by atoms with van der Waals surface area (Å²) in [7, 11) is -4.83. The second-order valence-electron chi connectivity index (χ2n) is 4.34. The third kappa shape index (κ3) is 3.54. The minimum atomic E-state index is -6.84. The highest BCUT2D eigenvalue weighted by molar-refractivity contribution is 7.90. The van der Waals surface area contributed by atoms with Gasteiger partial charge in [-0.2, -0.15) is 43.9 Å². The summed E-state index contributed by atoms with van der Waals surface area (Å²) in [5.74, 6) is -13.1. The van der Waals surface area contributed by atoms with Crippen molar-refractivity contribution in [2.24, 2.45) is 0 Å². The first-order chi connectivity index (χ1) is 10.3. The molecular formula is C9H4F10N2O2S. The average Bonchev–Trinajstić information content (AvgIpc) is 2.34. The van der Waals surface area contributed by atoms with Crippen molar-refractivity contribution < 1.29 is 52.3 Å². The van der Waals surface area contributed by atoms with Gasteiger partial charge in [-0.1, -0.05) is 0 Å². The zero-order chi connectivity index (χ0) is 19.4. The first kappa shape index (κ1) is 20.4. The van der Waals surface area contributed by atoms with Gasteiger partial charge in [0, 0.05) is 6.26 Å². The monoisotopic (exact) mass is 394 g/mol. The van der Waals surface area contributed by atoms with Crippen molar-refractivity contribution >= 4 is 9.84 Å². The molecule has 0 radical (unpaired) electrons. The van der Waals surface area contributed by atoms with E-state index >= 15 is 0 Å². The zero-order valence-electron chi connectivity index (χ0n) is 11.0. The molecule has 0 N–H and O–H groups in total. The van der Waals surface area contributed by atoms with E-state index in [9.17, 15) is 52.3 Å². The van der Waals surface area contributed by atoms with Crippen LogP contribution in [0.1, 0.15) is 11.4 Å². The van der Waals surface area contributed by atoms with Crippen molar-refractivity contribution in [3.63, 3.8) is 0 Å². The van der Waals surface area contributed by atoms with Crippen molar-refractivity contribution in [2.45, 2.75) is 29.4 Å². The standard InChI is InChI=1S/C9H4F10N2O2S/c1-24(22,23)5-20-3(2-4(21-5)7(12,13)14)6(10,11)8(15,16)9(17,18)19/h2H,1H3. The summed E-state index contributed by atoms with van der Waals surface area (Å²) in [5, 5.41) is -1.98. The second-order valence-corrected chi connectivity index (χ2v) is 6.25. The van der Waals surface area contributed by atoms with Crippen molar-refractivity contribution in [1.82, 2.24) is 9.97 Å². The van der Waals surface area contributed by atoms with Crippen molar-refractivity contribution in [3.05, 3.63) is 17.5 Å². The number of rotatable bonds is 3. The fourth-order valence-electron chi connectivity index (χ4n) is 1.24. The third-order valence-electron chi connectivity index (χ3n) is 2.40. The molecule has 1 heterocycles. The largest absolute Gasteiger partial charge is 0.460 e. The number of halogens is 10. The average molecular weight is 394 g/mol. The van der Waals surface area contributed by atoms with Crippen molar-refractivity contribution in [1.29, 1.82) is 0 Å². The lowest BCUT2D eigenvalue weighted by Gasteiger charge is -2.28. The van der Waals surface area contributed by atoms with Crippen LogP contribution in [0, 0.1) is 0 Å². The molecule has 0 amide bonds. The molecule has 0 aromatic carbocycles. The van der Waals surface area contributed by atoms with E-state index in [4.69, 9.17) is 0 Å². The minimum Gasteiger partial charge on any atom is -0.221 e. The number of nitrogens with zero attached hydrogens (tertiary/aromatic N) is 2. The Morgan fingerprint density at radius 3 is 1.58 bits per heavy atom. The highest BCUT2D eigenvalue weighted by atomic mass is 32.2. The van der Waals surface area contributed by atoms with Crippen LogP contribution >= 0.6 is 0 Å². The summed E-state index contributed by atoms with van der Waals surface area (Å²) < 4.78 is 149. The molecule has 15 heteroatoms. The van der Waals surface area contributed by atoms with E-state index in [1.165, 1.54) is 0 Å². The van der Waals surface area contributed by atoms with Crippen LogP contribution in [0.5, 0.6) is 0 Å². The maximum Gasteiger partial charge on any atom is 0.460 e. The van der Waals surface area contributed by atoms with Gasteiger partial charge in [0.2, 0.25) is 15.0 Å². The van der Waals surface area contributed by atoms with Crippen LogP contribution in [0.2, 0.25) is 0 Å². The molecule has 1 rings (SSSR count). The lowest BCUT2D eigenvalue weighted by Crippen LogP contribution is -2.50. The van der Waals surface area contributed by atoms with Crippen molar-refractivity contribution in [2.75, 3.05) is 6.26 Å². The predicted octanol–water partition coefficient (Wildman–Crippen LogP) is 3.19. The lowest BCUT2D eigenvalue weighted by atomic mass is 10.1. The van der Waals surface area contributed by atoms with Crippen LogP contribution in [0.4, 0.5) is 43.9 Å². The topological polar surface area (TPSA) is 59.9 Å². The normalized spacial score (nSPS) is 14.8. The third-order valence-corrected chi connectivity index (χ3v) is 3.25. The molecule has 0 saturated carbocycles. The summed E-state index contributed by atoms with van der Waals surface area (Å²) in [5.41, 5.74) is -5.17. The highest BCUT2D eigenvalue weighted by Crippen LogP contribution is 2.51. The van der Waals surface area contributed by atoms with Gasteiger partial charge in [0.1, 0.15) is 11.4 Å². The Morgan fingerprint density at radius 2 is 1.25 bits per heavy atom. The van der Waals surface area contributed by atoms with Crippen LogP contribution in [-0.2, 0) is 21.9 Å². The maximum atomic E-state index is 13.4. The number of aromatic nitrogens is 2. The Balaban J connectivity index is 3.76. The van der Waals surface area contributed by atoms with Gasteiger partial charge < -0.3 is 0 Å². The lowest BCUT2D eigenvalue weighted by molar-refractivity contribution is -0.360. The molecule has 4 nitrogen and oxygen atoms in total. The fourth-order valence-corrected chi connectivity index (χ4v) is 1.76. The smallest absolute Gasteiger partial charge is 0.221 e. The van der Waals surface area contributed by atoms with Crippen molar-refractivity contribution in [3.8, 4) is 0 Å². The summed E-state index contributed by atoms with van der Waals surface area (Å²) in [4.78, 5) is 4.59. The predicted molar refractivity (Wildman–Crippen MR) is 55.0 cm³/mol. The summed E-state index contributed by atoms with van der Waals surface area (Å²) >= 11 is 0. The van der Waals surface area contributed by atoms with Crippen LogP contribution in [0.3, 0.4) is 0 Å². The van der Waals surface area contributed by atoms with E-state index in [2.05, 4.69) is 9.97 Å². The van der Waals surface area contributed by atoms with Gasteiger partial charge in [-0.3, -0.25) is 0 Å². The number of alkyl halides is 10.